The predicted octanol–water partition coefficient (Wildman–Crippen LogP) is 5.27. The van der Waals surface area contributed by atoms with Gasteiger partial charge in [-0.25, -0.2) is 4.90 Å². The number of carbonyl (C=O) groups is 3. The number of halogens is 3. The highest BCUT2D eigenvalue weighted by atomic mass is 32.2. The smallest absolute Gasteiger partial charge is 0.416 e. The van der Waals surface area contributed by atoms with E-state index in [-0.39, 0.29) is 23.1 Å². The van der Waals surface area contributed by atoms with Crippen molar-refractivity contribution < 1.29 is 32.3 Å². The van der Waals surface area contributed by atoms with Crippen LogP contribution in [0.1, 0.15) is 21.9 Å². The standard InChI is InChI=1S/C29H20F3N3O5S2/c30-29(31,32)16-7-5-10-18(13-16)35-26(37)22-21(23-25(34-28(39)42-23)41-24(22)27(35)38)15-6-4-11-19(12-15)40-14-20(36)33-17-8-2-1-3-9-17/h1-13,21-22,24H,14H2,(H,33,36)(H,34,39). The number of alkyl halides is 3. The molecular weight excluding hydrogens is 591 g/mol. The molecule has 214 valence electrons. The molecule has 2 aliphatic heterocycles. The first-order valence-corrected chi connectivity index (χ1v) is 14.3. The number of aromatic amines is 1. The van der Waals surface area contributed by atoms with Gasteiger partial charge in [0.05, 0.1) is 22.2 Å². The Morgan fingerprint density at radius 3 is 2.48 bits per heavy atom. The van der Waals surface area contributed by atoms with Crippen molar-refractivity contribution in [1.82, 2.24) is 4.98 Å². The molecule has 8 nitrogen and oxygen atoms in total. The third-order valence-electron chi connectivity index (χ3n) is 6.90. The number of aromatic nitrogens is 1. The van der Waals surface area contributed by atoms with Crippen LogP contribution >= 0.6 is 23.1 Å². The molecule has 1 saturated heterocycles. The fourth-order valence-electron chi connectivity index (χ4n) is 5.12. The first kappa shape index (κ1) is 27.8. The second kappa shape index (κ2) is 10.8. The zero-order valence-corrected chi connectivity index (χ0v) is 23.0. The fourth-order valence-corrected chi connectivity index (χ4v) is 7.63. The number of amides is 3. The first-order chi connectivity index (χ1) is 20.1. The largest absolute Gasteiger partial charge is 0.484 e. The van der Waals surface area contributed by atoms with Gasteiger partial charge in [0.15, 0.2) is 6.61 Å². The summed E-state index contributed by atoms with van der Waals surface area (Å²) in [5.41, 5.74) is 0.00115. The Morgan fingerprint density at radius 2 is 1.71 bits per heavy atom. The monoisotopic (exact) mass is 611 g/mol. The van der Waals surface area contributed by atoms with Crippen LogP contribution in [0.4, 0.5) is 24.5 Å². The van der Waals surface area contributed by atoms with Crippen LogP contribution in [0.15, 0.2) is 88.7 Å². The predicted molar refractivity (Wildman–Crippen MR) is 151 cm³/mol. The molecule has 13 heteroatoms. The maximum Gasteiger partial charge on any atom is 0.416 e. The summed E-state index contributed by atoms with van der Waals surface area (Å²) in [5, 5.41) is 2.17. The van der Waals surface area contributed by atoms with Crippen LogP contribution in [0.3, 0.4) is 0 Å². The molecular formula is C29H20F3N3O5S2. The van der Waals surface area contributed by atoms with E-state index in [2.05, 4.69) is 10.3 Å². The summed E-state index contributed by atoms with van der Waals surface area (Å²) in [5.74, 6) is -3.15. The van der Waals surface area contributed by atoms with Crippen LogP contribution in [0.2, 0.25) is 0 Å². The van der Waals surface area contributed by atoms with E-state index in [1.807, 2.05) is 6.07 Å². The van der Waals surface area contributed by atoms with Crippen LogP contribution < -0.4 is 19.8 Å². The molecule has 3 atom stereocenters. The van der Waals surface area contributed by atoms with Gasteiger partial charge in [0.2, 0.25) is 11.8 Å². The molecule has 3 heterocycles. The number of nitrogens with one attached hydrogen (secondary N) is 2. The number of fused-ring (bicyclic) bond motifs is 2. The maximum atomic E-state index is 13.8. The van der Waals surface area contributed by atoms with Gasteiger partial charge in [0.25, 0.3) is 5.91 Å². The summed E-state index contributed by atoms with van der Waals surface area (Å²) in [7, 11) is 0. The van der Waals surface area contributed by atoms with Crippen molar-refractivity contribution in [2.45, 2.75) is 22.4 Å². The fraction of sp³-hybridized carbons (Fsp3) is 0.172. The number of rotatable bonds is 6. The topological polar surface area (TPSA) is 109 Å². The van der Waals surface area contributed by atoms with E-state index in [4.69, 9.17) is 4.74 Å². The molecule has 0 bridgehead atoms. The van der Waals surface area contributed by atoms with Gasteiger partial charge < -0.3 is 15.0 Å². The number of nitrogens with zero attached hydrogens (tertiary/aromatic N) is 1. The average Bonchev–Trinajstić information content (AvgIpc) is 3.46. The number of thiazole rings is 1. The minimum Gasteiger partial charge on any atom is -0.484 e. The highest BCUT2D eigenvalue weighted by molar-refractivity contribution is 8.00. The highest BCUT2D eigenvalue weighted by Crippen LogP contribution is 2.53. The molecule has 1 aromatic heterocycles. The molecule has 1 fully saturated rings. The minimum atomic E-state index is -4.66. The van der Waals surface area contributed by atoms with E-state index >= 15 is 0 Å². The van der Waals surface area contributed by atoms with Crippen molar-refractivity contribution in [3.05, 3.63) is 105 Å². The number of carbonyl (C=O) groups excluding carboxylic acids is 3. The van der Waals surface area contributed by atoms with Gasteiger partial charge in [-0.2, -0.15) is 13.2 Å². The third kappa shape index (κ3) is 5.21. The summed E-state index contributed by atoms with van der Waals surface area (Å²) in [6.45, 7) is -0.297. The van der Waals surface area contributed by atoms with E-state index in [0.29, 0.717) is 26.9 Å². The molecule has 3 amide bonds. The van der Waals surface area contributed by atoms with E-state index in [1.54, 1.807) is 48.5 Å². The van der Waals surface area contributed by atoms with Crippen LogP contribution in [-0.4, -0.2) is 34.6 Å². The van der Waals surface area contributed by atoms with Gasteiger partial charge in [-0.1, -0.05) is 59.5 Å². The summed E-state index contributed by atoms with van der Waals surface area (Å²) in [6.07, 6.45) is -4.66. The van der Waals surface area contributed by atoms with Gasteiger partial charge in [0.1, 0.15) is 11.0 Å². The quantitative estimate of drug-likeness (QED) is 0.288. The normalized spacial score (nSPS) is 19.8. The van der Waals surface area contributed by atoms with E-state index in [0.717, 1.165) is 46.2 Å². The molecule has 0 saturated carbocycles. The Balaban J connectivity index is 1.31. The van der Waals surface area contributed by atoms with E-state index < -0.39 is 40.6 Å². The Kier molecular flexibility index (Phi) is 7.15. The second-order valence-electron chi connectivity index (χ2n) is 9.59. The SMILES string of the molecule is O=C(COc1cccc(C2c3sc(=O)[nH]c3SC3C(=O)N(c4cccc(C(F)(F)F)c4)C(=O)C32)c1)Nc1ccccc1. The summed E-state index contributed by atoms with van der Waals surface area (Å²) in [6, 6.07) is 19.6. The molecule has 4 aromatic rings. The zero-order valence-electron chi connectivity index (χ0n) is 21.4. The molecule has 2 N–H and O–H groups in total. The summed E-state index contributed by atoms with van der Waals surface area (Å²) < 4.78 is 45.9. The van der Waals surface area contributed by atoms with Crippen molar-refractivity contribution in [2.75, 3.05) is 16.8 Å². The Morgan fingerprint density at radius 1 is 0.952 bits per heavy atom. The molecule has 3 aromatic carbocycles. The molecule has 6 rings (SSSR count). The highest BCUT2D eigenvalue weighted by Gasteiger charge is 2.56. The lowest BCUT2D eigenvalue weighted by atomic mass is 9.83. The van der Waals surface area contributed by atoms with Crippen molar-refractivity contribution in [1.29, 1.82) is 0 Å². The van der Waals surface area contributed by atoms with Crippen molar-refractivity contribution in [3.8, 4) is 5.75 Å². The number of benzene rings is 3. The van der Waals surface area contributed by atoms with E-state index in [1.165, 1.54) is 6.07 Å². The number of imide groups is 1. The number of hydrogen-bond donors (Lipinski definition) is 2. The van der Waals surface area contributed by atoms with Gasteiger partial charge in [-0.15, -0.1) is 0 Å². The van der Waals surface area contributed by atoms with Gasteiger partial charge >= 0.3 is 11.0 Å². The molecule has 0 aliphatic carbocycles. The first-order valence-electron chi connectivity index (χ1n) is 12.6. The Bertz CT molecular complexity index is 1750. The Labute approximate surface area is 244 Å². The van der Waals surface area contributed by atoms with Crippen LogP contribution in [0.5, 0.6) is 5.75 Å². The number of hydrogen-bond acceptors (Lipinski definition) is 7. The minimum absolute atomic E-state index is 0.174. The number of para-hydroxylation sites is 1. The summed E-state index contributed by atoms with van der Waals surface area (Å²) in [4.78, 5) is 55.8. The average molecular weight is 612 g/mol. The number of H-pyrrole nitrogens is 1. The lowest BCUT2D eigenvalue weighted by Crippen LogP contribution is -2.32. The maximum absolute atomic E-state index is 13.8. The van der Waals surface area contributed by atoms with Crippen LogP contribution in [0, 0.1) is 5.92 Å². The summed E-state index contributed by atoms with van der Waals surface area (Å²) >= 11 is 1.93. The molecule has 42 heavy (non-hydrogen) atoms. The third-order valence-corrected chi connectivity index (χ3v) is 9.30. The molecule has 3 unspecified atom stereocenters. The Hall–Kier alpha value is -4.36. The van der Waals surface area contributed by atoms with Crippen molar-refractivity contribution in [2.24, 2.45) is 5.92 Å². The van der Waals surface area contributed by atoms with E-state index in [9.17, 15) is 32.3 Å². The number of ether oxygens (including phenoxy) is 1. The number of anilines is 2. The van der Waals surface area contributed by atoms with Gasteiger partial charge in [-0.3, -0.25) is 19.2 Å². The van der Waals surface area contributed by atoms with Crippen LogP contribution in [0.25, 0.3) is 0 Å². The molecule has 2 aliphatic rings. The van der Waals surface area contributed by atoms with Crippen LogP contribution in [-0.2, 0) is 20.6 Å². The van der Waals surface area contributed by atoms with Gasteiger partial charge in [0, 0.05) is 16.5 Å². The zero-order chi connectivity index (χ0) is 29.6. The molecule has 0 radical (unpaired) electrons. The number of thioether (sulfide) groups is 1. The lowest BCUT2D eigenvalue weighted by molar-refractivity contribution is -0.137. The van der Waals surface area contributed by atoms with Crippen molar-refractivity contribution >= 4 is 52.2 Å². The van der Waals surface area contributed by atoms with Gasteiger partial charge in [-0.05, 0) is 48.0 Å². The lowest BCUT2D eigenvalue weighted by Gasteiger charge is -2.30. The second-order valence-corrected chi connectivity index (χ2v) is 11.8. The molecule has 0 spiro atoms. The van der Waals surface area contributed by atoms with Crippen molar-refractivity contribution in [3.63, 3.8) is 0 Å².